The Balaban J connectivity index is 0.791. The van der Waals surface area contributed by atoms with E-state index in [1.165, 1.54) is 11.9 Å². The molecule has 314 valence electrons. The Hall–Kier alpha value is -6.81. The van der Waals surface area contributed by atoms with E-state index >= 15 is 0 Å². The smallest absolute Gasteiger partial charge is 0.328 e. The maximum absolute atomic E-state index is 13.1. The first-order valence-corrected chi connectivity index (χ1v) is 21.0. The summed E-state index contributed by atoms with van der Waals surface area (Å²) in [5.74, 6) is 0.471. The summed E-state index contributed by atoms with van der Waals surface area (Å²) in [6.07, 6.45) is 4.80. The molecule has 0 atom stereocenters. The molecule has 0 unspecified atom stereocenters. The van der Waals surface area contributed by atoms with Gasteiger partial charge in [-0.1, -0.05) is 6.07 Å². The predicted octanol–water partition coefficient (Wildman–Crippen LogP) is 5.09. The molecule has 4 aliphatic heterocycles. The SMILES string of the molecule is Cc1cccc(NC(=O)c2cnc(-c3nn4c(c3C(N)=O)Nc3ccc(N5CCN(CC6CCN(c7ccc(N8CCC(=O)NC8=O)cc7)CC6)CC5)cc3CC4)cc2C)n1. The normalized spacial score (nSPS) is 17.2. The number of hydrogen-bond donors (Lipinski definition) is 4. The number of rotatable bonds is 9. The van der Waals surface area contributed by atoms with Gasteiger partial charge in [0.1, 0.15) is 22.9 Å². The Morgan fingerprint density at radius 1 is 0.820 bits per heavy atom. The molecule has 5 amide bonds. The van der Waals surface area contributed by atoms with Crippen molar-refractivity contribution in [3.8, 4) is 11.4 Å². The Bertz CT molecular complexity index is 2500. The highest BCUT2D eigenvalue weighted by Gasteiger charge is 2.30. The van der Waals surface area contributed by atoms with E-state index in [2.05, 4.69) is 70.9 Å². The van der Waals surface area contributed by atoms with Crippen LogP contribution in [-0.4, -0.2) is 101 Å². The fourth-order valence-electron chi connectivity index (χ4n) is 8.92. The zero-order chi connectivity index (χ0) is 42.2. The Morgan fingerprint density at radius 3 is 2.28 bits per heavy atom. The first-order chi connectivity index (χ1) is 29.6. The van der Waals surface area contributed by atoms with Gasteiger partial charge in [0.2, 0.25) is 5.91 Å². The monoisotopic (exact) mass is 822 g/mol. The number of piperidine rings is 1. The van der Waals surface area contributed by atoms with E-state index in [0.717, 1.165) is 87.0 Å². The molecule has 4 aliphatic rings. The quantitative estimate of drug-likeness (QED) is 0.155. The molecule has 0 aliphatic carbocycles. The lowest BCUT2D eigenvalue weighted by atomic mass is 9.95. The second-order valence-corrected chi connectivity index (χ2v) is 16.4. The van der Waals surface area contributed by atoms with Crippen LogP contribution in [0.4, 0.5) is 39.2 Å². The standard InChI is InChI=1S/C45H50N12O4/c1-28-24-37(47-26-35(28)44(60)50-38-5-3-4-29(2)48-38)41-40(42(46)59)43-49-36-11-10-34(25-31(36)14-19-57(43)52-41)55-22-20-53(21-23-55)27-30-12-16-54(17-13-30)32-6-8-33(9-7-32)56-18-15-39(58)51-45(56)61/h3-11,24-26,30,49H,12-23,27H2,1-2H3,(H2,46,59)(H,48,50,60)(H,51,58,61). The van der Waals surface area contributed by atoms with E-state index in [1.54, 1.807) is 21.7 Å². The van der Waals surface area contributed by atoms with Crippen molar-refractivity contribution in [3.05, 3.63) is 101 Å². The van der Waals surface area contributed by atoms with Gasteiger partial charge in [0.15, 0.2) is 0 Å². The fraction of sp³-hybridized carbons (Fsp3) is 0.356. The summed E-state index contributed by atoms with van der Waals surface area (Å²) in [7, 11) is 0. The van der Waals surface area contributed by atoms with Crippen LogP contribution >= 0.6 is 0 Å². The van der Waals surface area contributed by atoms with Gasteiger partial charge in [-0.05, 0) is 111 Å². The number of nitrogens with one attached hydrogen (secondary N) is 3. The molecule has 0 spiro atoms. The highest BCUT2D eigenvalue weighted by atomic mass is 16.2. The molecule has 5 aromatic rings. The minimum absolute atomic E-state index is 0.226. The number of primary amides is 1. The molecule has 3 fully saturated rings. The number of anilines is 6. The van der Waals surface area contributed by atoms with E-state index in [-0.39, 0.29) is 23.4 Å². The number of fused-ring (bicyclic) bond motifs is 2. The van der Waals surface area contributed by atoms with Crippen molar-refractivity contribution in [1.82, 2.24) is 30.0 Å². The zero-order valence-corrected chi connectivity index (χ0v) is 34.5. The zero-order valence-electron chi connectivity index (χ0n) is 34.5. The summed E-state index contributed by atoms with van der Waals surface area (Å²) in [6, 6.07) is 21.4. The fourth-order valence-corrected chi connectivity index (χ4v) is 8.92. The molecular formula is C45H50N12O4. The Kier molecular flexibility index (Phi) is 10.8. The number of nitrogens with zero attached hydrogens (tertiary/aromatic N) is 8. The maximum Gasteiger partial charge on any atom is 0.328 e. The molecule has 2 aromatic carbocycles. The summed E-state index contributed by atoms with van der Waals surface area (Å²) >= 11 is 0. The van der Waals surface area contributed by atoms with Gasteiger partial charge < -0.3 is 26.2 Å². The minimum atomic E-state index is -0.615. The molecule has 0 radical (unpaired) electrons. The molecule has 0 bridgehead atoms. The summed E-state index contributed by atoms with van der Waals surface area (Å²) in [6.45, 7) is 11.7. The summed E-state index contributed by atoms with van der Waals surface area (Å²) < 4.78 is 1.79. The molecule has 16 nitrogen and oxygen atoms in total. The third kappa shape index (κ3) is 8.35. The van der Waals surface area contributed by atoms with Crippen LogP contribution in [-0.2, 0) is 17.8 Å². The van der Waals surface area contributed by atoms with Crippen molar-refractivity contribution in [2.75, 3.05) is 77.7 Å². The minimum Gasteiger partial charge on any atom is -0.372 e. The number of nitrogens with two attached hydrogens (primary N) is 1. The van der Waals surface area contributed by atoms with Crippen LogP contribution in [0.2, 0.25) is 0 Å². The lowest BCUT2D eigenvalue weighted by molar-refractivity contribution is -0.120. The van der Waals surface area contributed by atoms with Crippen LogP contribution < -0.4 is 36.4 Å². The van der Waals surface area contributed by atoms with Crippen LogP contribution in [0.3, 0.4) is 0 Å². The number of carbonyl (C=O) groups excluding carboxylic acids is 4. The number of hydrogen-bond acceptors (Lipinski definition) is 11. The molecule has 5 N–H and O–H groups in total. The van der Waals surface area contributed by atoms with Gasteiger partial charge in [0.25, 0.3) is 11.8 Å². The molecule has 3 saturated heterocycles. The second kappa shape index (κ2) is 16.7. The van der Waals surface area contributed by atoms with Crippen molar-refractivity contribution >= 4 is 58.1 Å². The number of aromatic nitrogens is 4. The molecule has 7 heterocycles. The number of piperazine rings is 1. The topological polar surface area (TPSA) is 187 Å². The van der Waals surface area contributed by atoms with E-state index < -0.39 is 5.91 Å². The summed E-state index contributed by atoms with van der Waals surface area (Å²) in [5.41, 5.74) is 14.1. The van der Waals surface area contributed by atoms with Crippen LogP contribution in [0.25, 0.3) is 11.4 Å². The van der Waals surface area contributed by atoms with E-state index in [0.29, 0.717) is 66.0 Å². The van der Waals surface area contributed by atoms with Gasteiger partial charge in [-0.15, -0.1) is 0 Å². The first-order valence-electron chi connectivity index (χ1n) is 21.0. The number of urea groups is 1. The van der Waals surface area contributed by atoms with E-state index in [4.69, 9.17) is 10.8 Å². The predicted molar refractivity (Wildman–Crippen MR) is 235 cm³/mol. The van der Waals surface area contributed by atoms with Crippen LogP contribution in [0.1, 0.15) is 56.8 Å². The third-order valence-corrected chi connectivity index (χ3v) is 12.3. The van der Waals surface area contributed by atoms with Crippen LogP contribution in [0.5, 0.6) is 0 Å². The molecule has 16 heteroatoms. The maximum atomic E-state index is 13.1. The molecule has 3 aromatic heterocycles. The average molecular weight is 823 g/mol. The van der Waals surface area contributed by atoms with Crippen LogP contribution in [0, 0.1) is 19.8 Å². The van der Waals surface area contributed by atoms with Gasteiger partial charge in [0.05, 0.1) is 11.3 Å². The summed E-state index contributed by atoms with van der Waals surface area (Å²) in [5, 5.41) is 13.5. The van der Waals surface area contributed by atoms with Gasteiger partial charge in [-0.2, -0.15) is 5.10 Å². The molecule has 61 heavy (non-hydrogen) atoms. The second-order valence-electron chi connectivity index (χ2n) is 16.4. The van der Waals surface area contributed by atoms with E-state index in [1.807, 2.05) is 38.1 Å². The van der Waals surface area contributed by atoms with Crippen molar-refractivity contribution in [1.29, 1.82) is 0 Å². The number of benzene rings is 2. The Labute approximate surface area is 354 Å². The number of pyridine rings is 2. The van der Waals surface area contributed by atoms with Crippen LogP contribution in [0.15, 0.2) is 72.9 Å². The number of carbonyl (C=O) groups is 4. The lowest BCUT2D eigenvalue weighted by Gasteiger charge is -2.40. The highest BCUT2D eigenvalue weighted by molar-refractivity contribution is 6.07. The molecule has 9 rings (SSSR count). The van der Waals surface area contributed by atoms with Crippen molar-refractivity contribution in [2.24, 2.45) is 11.7 Å². The molecular weight excluding hydrogens is 773 g/mol. The number of aryl methyl sites for hydroxylation is 4. The first kappa shape index (κ1) is 39.6. The molecule has 0 saturated carbocycles. The summed E-state index contributed by atoms with van der Waals surface area (Å²) in [4.78, 5) is 67.9. The van der Waals surface area contributed by atoms with Gasteiger partial charge in [-0.3, -0.25) is 34.5 Å². The lowest BCUT2D eigenvalue weighted by Crippen LogP contribution is -2.49. The number of amides is 5. The van der Waals surface area contributed by atoms with Crippen molar-refractivity contribution in [2.45, 2.75) is 46.1 Å². The third-order valence-electron chi connectivity index (χ3n) is 12.3. The average Bonchev–Trinajstić information content (AvgIpc) is 3.52. The largest absolute Gasteiger partial charge is 0.372 e. The van der Waals surface area contributed by atoms with Crippen molar-refractivity contribution < 1.29 is 19.2 Å². The van der Waals surface area contributed by atoms with Gasteiger partial charge in [0, 0.05) is 100.0 Å². The highest BCUT2D eigenvalue weighted by Crippen LogP contribution is 2.36. The Morgan fingerprint density at radius 2 is 1.56 bits per heavy atom. The van der Waals surface area contributed by atoms with Crippen molar-refractivity contribution in [3.63, 3.8) is 0 Å². The van der Waals surface area contributed by atoms with Gasteiger partial charge in [-0.25, -0.2) is 14.5 Å². The van der Waals surface area contributed by atoms with Gasteiger partial charge >= 0.3 is 6.03 Å². The number of imide groups is 1. The van der Waals surface area contributed by atoms with E-state index in [9.17, 15) is 19.2 Å².